The number of hydrogen-bond donors (Lipinski definition) is 1. The first kappa shape index (κ1) is 24.4. The van der Waals surface area contributed by atoms with Crippen LogP contribution in [0.4, 0.5) is 11.5 Å². The predicted octanol–water partition coefficient (Wildman–Crippen LogP) is 3.44. The number of rotatable bonds is 7. The van der Waals surface area contributed by atoms with Crippen LogP contribution in [0, 0.1) is 11.3 Å². The molecule has 0 radical (unpaired) electrons. The summed E-state index contributed by atoms with van der Waals surface area (Å²) in [4.78, 5) is 23.1. The van der Waals surface area contributed by atoms with Crippen LogP contribution in [0.5, 0.6) is 0 Å². The average molecular weight is 474 g/mol. The molecule has 0 atom stereocenters. The summed E-state index contributed by atoms with van der Waals surface area (Å²) < 4.78 is 25.2. The molecule has 8 nitrogen and oxygen atoms in total. The molecule has 0 aliphatic heterocycles. The molecule has 1 amide bonds. The van der Waals surface area contributed by atoms with E-state index in [0.717, 1.165) is 11.6 Å². The summed E-state index contributed by atoms with van der Waals surface area (Å²) in [5.74, 6) is -0.125. The molecular formula is C25H23N5O3S. The Morgan fingerprint density at radius 2 is 1.97 bits per heavy atom. The van der Waals surface area contributed by atoms with Gasteiger partial charge in [0.1, 0.15) is 5.82 Å². The number of nitriles is 1. The monoisotopic (exact) mass is 473 g/mol. The van der Waals surface area contributed by atoms with Crippen molar-refractivity contribution in [2.45, 2.75) is 11.4 Å². The number of nitrogen functional groups attached to an aromatic ring is 1. The van der Waals surface area contributed by atoms with Gasteiger partial charge in [-0.3, -0.25) is 9.79 Å². The van der Waals surface area contributed by atoms with Crippen molar-refractivity contribution in [3.63, 3.8) is 0 Å². The van der Waals surface area contributed by atoms with Gasteiger partial charge in [-0.25, -0.2) is 13.4 Å². The number of nitrogens with two attached hydrogens (primary N) is 1. The Bertz CT molecular complexity index is 1480. The van der Waals surface area contributed by atoms with Crippen molar-refractivity contribution in [3.8, 4) is 6.07 Å². The van der Waals surface area contributed by atoms with E-state index in [-0.39, 0.29) is 28.3 Å². The molecule has 0 aliphatic carbocycles. The quantitative estimate of drug-likeness (QED) is 0.318. The average Bonchev–Trinajstić information content (AvgIpc) is 2.80. The van der Waals surface area contributed by atoms with Gasteiger partial charge in [0.25, 0.3) is 5.91 Å². The summed E-state index contributed by atoms with van der Waals surface area (Å²) in [6.07, 6.45) is 5.36. The number of nitrogens with zero attached hydrogens (tertiary/aromatic N) is 4. The fraction of sp³-hybridized carbons (Fsp3) is 0.120. The van der Waals surface area contributed by atoms with E-state index >= 15 is 0 Å². The van der Waals surface area contributed by atoms with E-state index in [0.29, 0.717) is 16.9 Å². The molecule has 2 N–H and O–H groups in total. The maximum atomic E-state index is 13.6. The third-order valence-corrected chi connectivity index (χ3v) is 6.08. The summed E-state index contributed by atoms with van der Waals surface area (Å²) in [6.45, 7) is 3.68. The number of anilines is 2. The Hall–Kier alpha value is -4.29. The van der Waals surface area contributed by atoms with E-state index < -0.39 is 15.7 Å². The molecule has 34 heavy (non-hydrogen) atoms. The van der Waals surface area contributed by atoms with Crippen LogP contribution in [-0.2, 0) is 21.2 Å². The van der Waals surface area contributed by atoms with Gasteiger partial charge >= 0.3 is 0 Å². The number of carbonyl (C=O) groups excluding carboxylic acids is 1. The van der Waals surface area contributed by atoms with E-state index in [4.69, 9.17) is 5.73 Å². The molecule has 1 heterocycles. The van der Waals surface area contributed by atoms with Gasteiger partial charge in [0.2, 0.25) is 0 Å². The Balaban J connectivity index is 2.22. The minimum Gasteiger partial charge on any atom is -0.384 e. The summed E-state index contributed by atoms with van der Waals surface area (Å²) in [5, 5.41) is 10.1. The smallest absolute Gasteiger partial charge is 0.260 e. The van der Waals surface area contributed by atoms with Gasteiger partial charge < -0.3 is 10.6 Å². The molecule has 0 unspecified atom stereocenters. The third kappa shape index (κ3) is 5.36. The number of fused-ring (bicyclic) bond motifs is 1. The minimum atomic E-state index is -3.77. The highest BCUT2D eigenvalue weighted by molar-refractivity contribution is 7.90. The van der Waals surface area contributed by atoms with Gasteiger partial charge in [0.05, 0.1) is 39.9 Å². The van der Waals surface area contributed by atoms with E-state index in [1.54, 1.807) is 12.1 Å². The maximum Gasteiger partial charge on any atom is 0.260 e. The van der Waals surface area contributed by atoms with Gasteiger partial charge in [0.15, 0.2) is 9.84 Å². The molecule has 0 aliphatic rings. The van der Waals surface area contributed by atoms with E-state index in [1.165, 1.54) is 48.5 Å². The van der Waals surface area contributed by atoms with Gasteiger partial charge in [-0.05, 0) is 48.0 Å². The van der Waals surface area contributed by atoms with Crippen LogP contribution in [-0.4, -0.2) is 38.8 Å². The summed E-state index contributed by atoms with van der Waals surface area (Å²) in [6, 6.07) is 15.1. The molecule has 2 aromatic carbocycles. The van der Waals surface area contributed by atoms with E-state index in [1.807, 2.05) is 24.3 Å². The van der Waals surface area contributed by atoms with Crippen LogP contribution in [0.25, 0.3) is 10.9 Å². The molecule has 0 saturated heterocycles. The van der Waals surface area contributed by atoms with Crippen LogP contribution in [0.2, 0.25) is 0 Å². The Kier molecular flexibility index (Phi) is 7.24. The lowest BCUT2D eigenvalue weighted by Crippen LogP contribution is -2.33. The first-order chi connectivity index (χ1) is 16.2. The zero-order chi connectivity index (χ0) is 24.9. The third-order valence-electron chi connectivity index (χ3n) is 4.96. The molecule has 9 heteroatoms. The van der Waals surface area contributed by atoms with Crippen molar-refractivity contribution < 1.29 is 13.2 Å². The number of aromatic nitrogens is 1. The first-order valence-corrected chi connectivity index (χ1v) is 12.0. The van der Waals surface area contributed by atoms with Crippen molar-refractivity contribution in [1.29, 1.82) is 5.26 Å². The number of aliphatic imine (C=N–C) groups is 1. The van der Waals surface area contributed by atoms with Crippen molar-refractivity contribution in [2.75, 3.05) is 23.9 Å². The summed E-state index contributed by atoms with van der Waals surface area (Å²) in [7, 11) is -2.25. The topological polar surface area (TPSA) is 130 Å². The van der Waals surface area contributed by atoms with Crippen molar-refractivity contribution in [2.24, 2.45) is 4.99 Å². The summed E-state index contributed by atoms with van der Waals surface area (Å²) in [5.41, 5.74) is 7.69. The first-order valence-electron chi connectivity index (χ1n) is 10.1. The summed E-state index contributed by atoms with van der Waals surface area (Å²) >= 11 is 0. The van der Waals surface area contributed by atoms with Crippen LogP contribution < -0.4 is 10.6 Å². The van der Waals surface area contributed by atoms with Gasteiger partial charge in [-0.1, -0.05) is 24.8 Å². The number of amides is 1. The molecule has 3 aromatic rings. The molecule has 0 saturated carbocycles. The molecule has 0 spiro atoms. The lowest BCUT2D eigenvalue weighted by Gasteiger charge is -2.25. The number of carbonyl (C=O) groups is 1. The predicted molar refractivity (Wildman–Crippen MR) is 134 cm³/mol. The number of allylic oxidation sites excluding steroid dienone is 2. The molecule has 3 rings (SSSR count). The Labute approximate surface area is 198 Å². The van der Waals surface area contributed by atoms with Crippen LogP contribution >= 0.6 is 0 Å². The van der Waals surface area contributed by atoms with Crippen molar-refractivity contribution >= 4 is 44.4 Å². The molecule has 0 bridgehead atoms. The minimum absolute atomic E-state index is 0.0334. The molecule has 1 aromatic heterocycles. The van der Waals surface area contributed by atoms with E-state index in [9.17, 15) is 18.5 Å². The SMILES string of the molecule is C=C/C=C(\C=NC)C(=O)N(Cc1ccc2ccc(N)nc2c1)c1ccc(C#N)cc1S(C)(=O)=O. The van der Waals surface area contributed by atoms with Crippen LogP contribution in [0.15, 0.2) is 82.7 Å². The number of sulfone groups is 1. The molecular weight excluding hydrogens is 450 g/mol. The van der Waals surface area contributed by atoms with Crippen LogP contribution in [0.1, 0.15) is 11.1 Å². The second kappa shape index (κ2) is 10.1. The Morgan fingerprint density at radius 1 is 1.24 bits per heavy atom. The largest absolute Gasteiger partial charge is 0.384 e. The lowest BCUT2D eigenvalue weighted by molar-refractivity contribution is -0.114. The number of pyridine rings is 1. The van der Waals surface area contributed by atoms with Crippen molar-refractivity contribution in [1.82, 2.24) is 4.98 Å². The highest BCUT2D eigenvalue weighted by Gasteiger charge is 2.25. The second-order valence-corrected chi connectivity index (χ2v) is 9.45. The lowest BCUT2D eigenvalue weighted by atomic mass is 10.1. The standard InChI is InChI=1S/C25H23N5O3S/c1-4-5-20(15-28-2)25(31)30(22-10-7-17(14-26)13-23(22)34(3,32)33)16-18-6-8-19-9-11-24(27)29-21(19)12-18/h4-13,15H,1,16H2,2-3H3,(H2,27,29)/b20-5+,28-15?. The molecule has 0 fully saturated rings. The van der Waals surface area contributed by atoms with E-state index in [2.05, 4.69) is 16.6 Å². The van der Waals surface area contributed by atoms with Gasteiger partial charge in [-0.2, -0.15) is 5.26 Å². The number of hydrogen-bond acceptors (Lipinski definition) is 7. The zero-order valence-corrected chi connectivity index (χ0v) is 19.6. The highest BCUT2D eigenvalue weighted by atomic mass is 32.2. The van der Waals surface area contributed by atoms with Crippen molar-refractivity contribution in [3.05, 3.63) is 84.0 Å². The van der Waals surface area contributed by atoms with Gasteiger partial charge in [0, 0.05) is 24.9 Å². The zero-order valence-electron chi connectivity index (χ0n) is 18.8. The second-order valence-electron chi connectivity index (χ2n) is 7.47. The highest BCUT2D eigenvalue weighted by Crippen LogP contribution is 2.30. The fourth-order valence-electron chi connectivity index (χ4n) is 3.42. The van der Waals surface area contributed by atoms with Gasteiger partial charge in [-0.15, -0.1) is 0 Å². The maximum absolute atomic E-state index is 13.6. The normalized spacial score (nSPS) is 12.0. The van der Waals surface area contributed by atoms with Crippen LogP contribution in [0.3, 0.4) is 0 Å². The molecule has 172 valence electrons. The fourth-order valence-corrected chi connectivity index (χ4v) is 4.32. The number of benzene rings is 2. The Morgan fingerprint density at radius 3 is 2.62 bits per heavy atom.